The van der Waals surface area contributed by atoms with Crippen molar-refractivity contribution in [1.82, 2.24) is 5.32 Å². The van der Waals surface area contributed by atoms with Crippen molar-refractivity contribution in [3.05, 3.63) is 29.8 Å². The minimum atomic E-state index is -0.102. The summed E-state index contributed by atoms with van der Waals surface area (Å²) in [4.78, 5) is 11.6. The molecule has 0 bridgehead atoms. The molecule has 4 nitrogen and oxygen atoms in total. The molecule has 0 radical (unpaired) electrons. The Bertz CT molecular complexity index is 391. The van der Waals surface area contributed by atoms with E-state index in [1.807, 2.05) is 24.3 Å². The molecule has 19 heavy (non-hydrogen) atoms. The summed E-state index contributed by atoms with van der Waals surface area (Å²) >= 11 is 0. The number of para-hydroxylation sites is 1. The second-order valence-corrected chi connectivity index (χ2v) is 4.68. The Balaban J connectivity index is 2.38. The third-order valence-electron chi connectivity index (χ3n) is 2.75. The standard InChI is InChI=1S/C15H23NO3/c1-12(2)13-7-4-5-8-14(13)19-11-15(17)16-9-6-10-18-3/h4-5,7-8,12H,6,9-11H2,1-3H3,(H,16,17). The summed E-state index contributed by atoms with van der Waals surface area (Å²) in [7, 11) is 1.65. The van der Waals surface area contributed by atoms with E-state index in [0.29, 0.717) is 19.1 Å². The summed E-state index contributed by atoms with van der Waals surface area (Å²) < 4.78 is 10.5. The Kier molecular flexibility index (Phi) is 6.97. The molecule has 4 heteroatoms. The van der Waals surface area contributed by atoms with Crippen LogP contribution in [0.4, 0.5) is 0 Å². The molecule has 0 atom stereocenters. The van der Waals surface area contributed by atoms with Crippen molar-refractivity contribution in [2.75, 3.05) is 26.9 Å². The van der Waals surface area contributed by atoms with E-state index < -0.39 is 0 Å². The average molecular weight is 265 g/mol. The summed E-state index contributed by atoms with van der Waals surface area (Å²) in [5.74, 6) is 1.06. The Labute approximate surface area is 115 Å². The third-order valence-corrected chi connectivity index (χ3v) is 2.75. The Morgan fingerprint density at radius 3 is 2.74 bits per heavy atom. The van der Waals surface area contributed by atoms with E-state index in [-0.39, 0.29) is 12.5 Å². The number of hydrogen-bond acceptors (Lipinski definition) is 3. The summed E-state index contributed by atoms with van der Waals surface area (Å²) in [5, 5.41) is 2.79. The maximum Gasteiger partial charge on any atom is 0.257 e. The maximum absolute atomic E-state index is 11.6. The molecular weight excluding hydrogens is 242 g/mol. The first kappa shape index (κ1) is 15.5. The second-order valence-electron chi connectivity index (χ2n) is 4.68. The lowest BCUT2D eigenvalue weighted by Gasteiger charge is -2.13. The molecule has 106 valence electrons. The lowest BCUT2D eigenvalue weighted by molar-refractivity contribution is -0.123. The van der Waals surface area contributed by atoms with Gasteiger partial charge in [-0.15, -0.1) is 0 Å². The van der Waals surface area contributed by atoms with Crippen molar-refractivity contribution in [2.45, 2.75) is 26.2 Å². The highest BCUT2D eigenvalue weighted by Gasteiger charge is 2.08. The van der Waals surface area contributed by atoms with Crippen LogP contribution in [0.25, 0.3) is 0 Å². The molecule has 1 amide bonds. The summed E-state index contributed by atoms with van der Waals surface area (Å²) in [5.41, 5.74) is 1.12. The lowest BCUT2D eigenvalue weighted by atomic mass is 10.0. The van der Waals surface area contributed by atoms with Gasteiger partial charge < -0.3 is 14.8 Å². The fraction of sp³-hybridized carbons (Fsp3) is 0.533. The molecule has 0 aliphatic carbocycles. The Morgan fingerprint density at radius 1 is 1.32 bits per heavy atom. The average Bonchev–Trinajstić information content (AvgIpc) is 2.41. The number of ether oxygens (including phenoxy) is 2. The van der Waals surface area contributed by atoms with Gasteiger partial charge in [-0.1, -0.05) is 32.0 Å². The van der Waals surface area contributed by atoms with Crippen LogP contribution < -0.4 is 10.1 Å². The molecule has 1 aromatic rings. The van der Waals surface area contributed by atoms with Crippen LogP contribution in [0.3, 0.4) is 0 Å². The summed E-state index contributed by atoms with van der Waals surface area (Å²) in [6.45, 7) is 5.52. The quantitative estimate of drug-likeness (QED) is 0.734. The van der Waals surface area contributed by atoms with Gasteiger partial charge in [-0.2, -0.15) is 0 Å². The predicted molar refractivity (Wildman–Crippen MR) is 75.5 cm³/mol. The topological polar surface area (TPSA) is 47.6 Å². The van der Waals surface area contributed by atoms with Gasteiger partial charge in [0.15, 0.2) is 6.61 Å². The SMILES string of the molecule is COCCCNC(=O)COc1ccccc1C(C)C. The normalized spacial score (nSPS) is 10.5. The minimum absolute atomic E-state index is 0.0523. The molecule has 1 aromatic carbocycles. The number of benzene rings is 1. The van der Waals surface area contributed by atoms with Crippen LogP contribution in [0.5, 0.6) is 5.75 Å². The highest BCUT2D eigenvalue weighted by molar-refractivity contribution is 5.77. The van der Waals surface area contributed by atoms with Crippen LogP contribution in [0.2, 0.25) is 0 Å². The molecule has 0 saturated carbocycles. The number of nitrogens with one attached hydrogen (secondary N) is 1. The van der Waals surface area contributed by atoms with Gasteiger partial charge in [-0.3, -0.25) is 4.79 Å². The van der Waals surface area contributed by atoms with Gasteiger partial charge >= 0.3 is 0 Å². The molecule has 0 aromatic heterocycles. The van der Waals surface area contributed by atoms with Gasteiger partial charge in [-0.25, -0.2) is 0 Å². The van der Waals surface area contributed by atoms with E-state index in [4.69, 9.17) is 9.47 Å². The Morgan fingerprint density at radius 2 is 2.05 bits per heavy atom. The van der Waals surface area contributed by atoms with Crippen LogP contribution in [0.15, 0.2) is 24.3 Å². The summed E-state index contributed by atoms with van der Waals surface area (Å²) in [6.07, 6.45) is 0.810. The van der Waals surface area contributed by atoms with Crippen LogP contribution in [0, 0.1) is 0 Å². The number of rotatable bonds is 8. The number of amides is 1. The van der Waals surface area contributed by atoms with Gasteiger partial charge in [0.2, 0.25) is 0 Å². The lowest BCUT2D eigenvalue weighted by Crippen LogP contribution is -2.30. The van der Waals surface area contributed by atoms with Crippen LogP contribution in [-0.2, 0) is 9.53 Å². The second kappa shape index (κ2) is 8.53. The zero-order valence-electron chi connectivity index (χ0n) is 11.9. The molecule has 0 unspecified atom stereocenters. The highest BCUT2D eigenvalue weighted by atomic mass is 16.5. The molecule has 0 fully saturated rings. The molecule has 1 N–H and O–H groups in total. The van der Waals surface area contributed by atoms with Crippen LogP contribution in [-0.4, -0.2) is 32.8 Å². The first-order chi connectivity index (χ1) is 9.15. The highest BCUT2D eigenvalue weighted by Crippen LogP contribution is 2.25. The molecule has 1 rings (SSSR count). The zero-order valence-corrected chi connectivity index (χ0v) is 11.9. The van der Waals surface area contributed by atoms with Crippen molar-refractivity contribution < 1.29 is 14.3 Å². The predicted octanol–water partition coefficient (Wildman–Crippen LogP) is 2.34. The molecule has 0 saturated heterocycles. The van der Waals surface area contributed by atoms with Crippen LogP contribution in [0.1, 0.15) is 31.7 Å². The first-order valence-corrected chi connectivity index (χ1v) is 6.62. The van der Waals surface area contributed by atoms with Crippen molar-refractivity contribution in [3.63, 3.8) is 0 Å². The van der Waals surface area contributed by atoms with E-state index in [9.17, 15) is 4.79 Å². The number of methoxy groups -OCH3 is 1. The van der Waals surface area contributed by atoms with Crippen molar-refractivity contribution in [3.8, 4) is 5.75 Å². The van der Waals surface area contributed by atoms with Crippen LogP contribution >= 0.6 is 0 Å². The van der Waals surface area contributed by atoms with Gasteiger partial charge in [0.05, 0.1) is 0 Å². The first-order valence-electron chi connectivity index (χ1n) is 6.62. The molecule has 0 aliphatic rings. The molecule has 0 heterocycles. The number of carbonyl (C=O) groups excluding carboxylic acids is 1. The maximum atomic E-state index is 11.6. The van der Waals surface area contributed by atoms with Gasteiger partial charge in [-0.05, 0) is 24.0 Å². The van der Waals surface area contributed by atoms with E-state index in [1.54, 1.807) is 7.11 Å². The molecule has 0 aliphatic heterocycles. The largest absolute Gasteiger partial charge is 0.483 e. The molecule has 0 spiro atoms. The van der Waals surface area contributed by atoms with E-state index >= 15 is 0 Å². The number of carbonyl (C=O) groups is 1. The van der Waals surface area contributed by atoms with E-state index in [0.717, 1.165) is 17.7 Å². The van der Waals surface area contributed by atoms with Gasteiger partial charge in [0, 0.05) is 20.3 Å². The smallest absolute Gasteiger partial charge is 0.257 e. The fourth-order valence-electron chi connectivity index (χ4n) is 1.73. The van der Waals surface area contributed by atoms with Crippen molar-refractivity contribution in [2.24, 2.45) is 0 Å². The third kappa shape index (κ3) is 5.75. The monoisotopic (exact) mass is 265 g/mol. The number of hydrogen-bond donors (Lipinski definition) is 1. The fourth-order valence-corrected chi connectivity index (χ4v) is 1.73. The minimum Gasteiger partial charge on any atom is -0.483 e. The van der Waals surface area contributed by atoms with Crippen molar-refractivity contribution >= 4 is 5.91 Å². The molecular formula is C15H23NO3. The van der Waals surface area contributed by atoms with E-state index in [1.165, 1.54) is 0 Å². The van der Waals surface area contributed by atoms with E-state index in [2.05, 4.69) is 19.2 Å². The van der Waals surface area contributed by atoms with Gasteiger partial charge in [0.1, 0.15) is 5.75 Å². The zero-order chi connectivity index (χ0) is 14.1. The summed E-state index contributed by atoms with van der Waals surface area (Å²) in [6, 6.07) is 7.81. The Hall–Kier alpha value is -1.55. The van der Waals surface area contributed by atoms with Crippen molar-refractivity contribution in [1.29, 1.82) is 0 Å². The van der Waals surface area contributed by atoms with Gasteiger partial charge in [0.25, 0.3) is 5.91 Å².